The van der Waals surface area contributed by atoms with Crippen molar-refractivity contribution in [1.82, 2.24) is 10.2 Å². The summed E-state index contributed by atoms with van der Waals surface area (Å²) in [6, 6.07) is 7.64. The smallest absolute Gasteiger partial charge is 0.314 e. The summed E-state index contributed by atoms with van der Waals surface area (Å²) in [5, 5.41) is 7.39. The molecule has 1 atom stereocenters. The number of nitrogens with zero attached hydrogens (tertiary/aromatic N) is 1. The van der Waals surface area contributed by atoms with E-state index < -0.39 is 11.7 Å². The third-order valence-corrected chi connectivity index (χ3v) is 4.63. The second-order valence-electron chi connectivity index (χ2n) is 5.36. The molecule has 0 spiro atoms. The molecule has 7 heteroatoms. The Bertz CT molecular complexity index is 593. The van der Waals surface area contributed by atoms with Gasteiger partial charge in [0.05, 0.1) is 11.6 Å². The van der Waals surface area contributed by atoms with E-state index in [2.05, 4.69) is 21.7 Å². The molecule has 23 heavy (non-hydrogen) atoms. The van der Waals surface area contributed by atoms with Crippen LogP contribution in [0.15, 0.2) is 41.1 Å². The summed E-state index contributed by atoms with van der Waals surface area (Å²) >= 11 is 1.61. The van der Waals surface area contributed by atoms with Gasteiger partial charge in [-0.3, -0.25) is 4.90 Å². The first-order valence-corrected chi connectivity index (χ1v) is 8.14. The molecule has 1 saturated heterocycles. The Balaban J connectivity index is 0.00000192. The molecular formula is C16H18ClF3N2S. The van der Waals surface area contributed by atoms with Crippen LogP contribution in [0.2, 0.25) is 0 Å². The first-order valence-electron chi connectivity index (χ1n) is 7.20. The van der Waals surface area contributed by atoms with Crippen LogP contribution in [0.3, 0.4) is 0 Å². The highest BCUT2D eigenvalue weighted by Crippen LogP contribution is 2.34. The zero-order valence-corrected chi connectivity index (χ0v) is 14.0. The molecule has 1 aliphatic heterocycles. The van der Waals surface area contributed by atoms with Gasteiger partial charge in [0.25, 0.3) is 0 Å². The molecule has 1 aliphatic rings. The van der Waals surface area contributed by atoms with Crippen molar-refractivity contribution in [2.24, 2.45) is 0 Å². The highest BCUT2D eigenvalue weighted by Gasteiger charge is 2.31. The molecular weight excluding hydrogens is 345 g/mol. The topological polar surface area (TPSA) is 15.3 Å². The van der Waals surface area contributed by atoms with Crippen molar-refractivity contribution in [3.8, 4) is 0 Å². The molecule has 126 valence electrons. The van der Waals surface area contributed by atoms with Crippen LogP contribution in [0.5, 0.6) is 0 Å². The van der Waals surface area contributed by atoms with Crippen molar-refractivity contribution in [2.45, 2.75) is 12.2 Å². The summed E-state index contributed by atoms with van der Waals surface area (Å²) in [7, 11) is 0. The lowest BCUT2D eigenvalue weighted by atomic mass is 9.97. The SMILES string of the molecule is Cl.FC(F)(F)c1ccc([C@H](c2ccsc2)N2CCNCC2)cc1. The largest absolute Gasteiger partial charge is 0.416 e. The van der Waals surface area contributed by atoms with Crippen molar-refractivity contribution in [3.63, 3.8) is 0 Å². The van der Waals surface area contributed by atoms with E-state index in [1.807, 2.05) is 5.38 Å². The molecule has 2 heterocycles. The highest BCUT2D eigenvalue weighted by atomic mass is 35.5. The number of thiophene rings is 1. The van der Waals surface area contributed by atoms with Gasteiger partial charge < -0.3 is 5.32 Å². The summed E-state index contributed by atoms with van der Waals surface area (Å²) in [4.78, 5) is 2.32. The van der Waals surface area contributed by atoms with E-state index in [9.17, 15) is 13.2 Å². The second kappa shape index (κ2) is 7.66. The number of halogens is 4. The molecule has 0 saturated carbocycles. The molecule has 0 amide bonds. The van der Waals surface area contributed by atoms with Gasteiger partial charge in [0.15, 0.2) is 0 Å². The maximum Gasteiger partial charge on any atom is 0.416 e. The zero-order valence-electron chi connectivity index (χ0n) is 12.3. The molecule has 2 aromatic rings. The molecule has 1 fully saturated rings. The summed E-state index contributed by atoms with van der Waals surface area (Å²) in [6.45, 7) is 3.59. The molecule has 1 aromatic heterocycles. The average Bonchev–Trinajstić information content (AvgIpc) is 3.02. The highest BCUT2D eigenvalue weighted by molar-refractivity contribution is 7.08. The van der Waals surface area contributed by atoms with Gasteiger partial charge in [-0.25, -0.2) is 0 Å². The van der Waals surface area contributed by atoms with Crippen LogP contribution in [0.1, 0.15) is 22.7 Å². The third kappa shape index (κ3) is 4.26. The minimum Gasteiger partial charge on any atom is -0.314 e. The average molecular weight is 363 g/mol. The Kier molecular flexibility index (Phi) is 6.08. The zero-order chi connectivity index (χ0) is 15.6. The first-order chi connectivity index (χ1) is 10.6. The van der Waals surface area contributed by atoms with Gasteiger partial charge in [0, 0.05) is 26.2 Å². The van der Waals surface area contributed by atoms with Crippen molar-refractivity contribution in [1.29, 1.82) is 0 Å². The van der Waals surface area contributed by atoms with Crippen LogP contribution < -0.4 is 5.32 Å². The quantitative estimate of drug-likeness (QED) is 0.881. The fraction of sp³-hybridized carbons (Fsp3) is 0.375. The summed E-state index contributed by atoms with van der Waals surface area (Å²) in [5.41, 5.74) is 1.46. The van der Waals surface area contributed by atoms with Crippen molar-refractivity contribution in [3.05, 3.63) is 57.8 Å². The Morgan fingerprint density at radius 2 is 1.65 bits per heavy atom. The molecule has 0 radical (unpaired) electrons. The van der Waals surface area contributed by atoms with Crippen LogP contribution in [0, 0.1) is 0 Å². The first kappa shape index (κ1) is 18.3. The van der Waals surface area contributed by atoms with Crippen molar-refractivity contribution >= 4 is 23.7 Å². The number of rotatable bonds is 3. The van der Waals surface area contributed by atoms with Gasteiger partial charge in [0.1, 0.15) is 0 Å². The Hall–Kier alpha value is -1.08. The molecule has 0 bridgehead atoms. The van der Waals surface area contributed by atoms with E-state index >= 15 is 0 Å². The van der Waals surface area contributed by atoms with E-state index in [4.69, 9.17) is 0 Å². The fourth-order valence-corrected chi connectivity index (χ4v) is 3.52. The summed E-state index contributed by atoms with van der Waals surface area (Å²) in [5.74, 6) is 0. The van der Waals surface area contributed by atoms with E-state index in [-0.39, 0.29) is 18.4 Å². The maximum absolute atomic E-state index is 12.7. The third-order valence-electron chi connectivity index (χ3n) is 3.93. The van der Waals surface area contributed by atoms with Crippen molar-refractivity contribution < 1.29 is 13.2 Å². The fourth-order valence-electron chi connectivity index (χ4n) is 2.84. The monoisotopic (exact) mass is 362 g/mol. The van der Waals surface area contributed by atoms with Crippen LogP contribution in [-0.2, 0) is 6.18 Å². The summed E-state index contributed by atoms with van der Waals surface area (Å²) in [6.07, 6.45) is -4.29. The number of hydrogen-bond acceptors (Lipinski definition) is 3. The molecule has 3 rings (SSSR count). The van der Waals surface area contributed by atoms with Crippen molar-refractivity contribution in [2.75, 3.05) is 26.2 Å². The van der Waals surface area contributed by atoms with E-state index in [1.165, 1.54) is 12.1 Å². The lowest BCUT2D eigenvalue weighted by Gasteiger charge is -2.35. The Labute approximate surface area is 143 Å². The number of piperazine rings is 1. The second-order valence-corrected chi connectivity index (χ2v) is 6.14. The van der Waals surface area contributed by atoms with E-state index in [1.54, 1.807) is 23.5 Å². The van der Waals surface area contributed by atoms with Gasteiger partial charge in [-0.15, -0.1) is 12.4 Å². The minimum absolute atomic E-state index is 0. The number of nitrogens with one attached hydrogen (secondary N) is 1. The standard InChI is InChI=1S/C16H17F3N2S.ClH/c17-16(18,19)14-3-1-12(2-4-14)15(13-5-10-22-11-13)21-8-6-20-7-9-21;/h1-5,10-11,15,20H,6-9H2;1H/t15-;/m1./s1. The number of benzene rings is 1. The Morgan fingerprint density at radius 1 is 1.00 bits per heavy atom. The molecule has 0 unspecified atom stereocenters. The molecule has 1 N–H and O–H groups in total. The lowest BCUT2D eigenvalue weighted by molar-refractivity contribution is -0.137. The Morgan fingerprint density at radius 3 is 2.17 bits per heavy atom. The normalized spacial score (nSPS) is 17.5. The van der Waals surface area contributed by atoms with Gasteiger partial charge in [-0.1, -0.05) is 12.1 Å². The lowest BCUT2D eigenvalue weighted by Crippen LogP contribution is -2.45. The van der Waals surface area contributed by atoms with E-state index in [0.717, 1.165) is 37.3 Å². The van der Waals surface area contributed by atoms with Crippen LogP contribution in [0.25, 0.3) is 0 Å². The van der Waals surface area contributed by atoms with Gasteiger partial charge in [-0.05, 0) is 40.1 Å². The van der Waals surface area contributed by atoms with Gasteiger partial charge in [0.2, 0.25) is 0 Å². The predicted octanol–water partition coefficient (Wildman–Crippen LogP) is 4.18. The maximum atomic E-state index is 12.7. The van der Waals surface area contributed by atoms with Gasteiger partial charge >= 0.3 is 6.18 Å². The van der Waals surface area contributed by atoms with Crippen LogP contribution >= 0.6 is 23.7 Å². The molecule has 2 nitrogen and oxygen atoms in total. The molecule has 0 aliphatic carbocycles. The number of hydrogen-bond donors (Lipinski definition) is 1. The minimum atomic E-state index is -4.29. The predicted molar refractivity (Wildman–Crippen MR) is 89.3 cm³/mol. The molecule has 1 aromatic carbocycles. The van der Waals surface area contributed by atoms with Crippen LogP contribution in [0.4, 0.5) is 13.2 Å². The number of alkyl halides is 3. The van der Waals surface area contributed by atoms with E-state index in [0.29, 0.717) is 0 Å². The van der Waals surface area contributed by atoms with Gasteiger partial charge in [-0.2, -0.15) is 24.5 Å². The van der Waals surface area contributed by atoms with Crippen LogP contribution in [-0.4, -0.2) is 31.1 Å². The summed E-state index contributed by atoms with van der Waals surface area (Å²) < 4.78 is 38.2.